The minimum absolute atomic E-state index is 0.0260. The molecule has 4 N–H and O–H groups in total. The van der Waals surface area contributed by atoms with Gasteiger partial charge in [0.2, 0.25) is 0 Å². The average Bonchev–Trinajstić information content (AvgIpc) is 1.99. The maximum atomic E-state index is 11.1. The molecule has 0 saturated carbocycles. The SMILES string of the molecule is CC(O)C(N)CNS(=O)(=O)N(C)C. The monoisotopic (exact) mass is 211 g/mol. The Balaban J connectivity index is 4.04. The van der Waals surface area contributed by atoms with Gasteiger partial charge in [-0.2, -0.15) is 12.7 Å². The van der Waals surface area contributed by atoms with E-state index in [1.807, 2.05) is 0 Å². The second kappa shape index (κ2) is 4.87. The van der Waals surface area contributed by atoms with Gasteiger partial charge in [0.05, 0.1) is 6.10 Å². The van der Waals surface area contributed by atoms with E-state index in [2.05, 4.69) is 4.72 Å². The summed E-state index contributed by atoms with van der Waals surface area (Å²) in [5, 5.41) is 8.98. The van der Waals surface area contributed by atoms with Crippen LogP contribution in [0, 0.1) is 0 Å². The van der Waals surface area contributed by atoms with E-state index >= 15 is 0 Å². The van der Waals surface area contributed by atoms with Crippen molar-refractivity contribution in [3.63, 3.8) is 0 Å². The third kappa shape index (κ3) is 4.53. The van der Waals surface area contributed by atoms with Crippen LogP contribution in [0.3, 0.4) is 0 Å². The van der Waals surface area contributed by atoms with Gasteiger partial charge in [-0.15, -0.1) is 0 Å². The van der Waals surface area contributed by atoms with Crippen LogP contribution in [-0.4, -0.2) is 50.6 Å². The fraction of sp³-hybridized carbons (Fsp3) is 1.00. The lowest BCUT2D eigenvalue weighted by molar-refractivity contribution is 0.164. The zero-order valence-electron chi connectivity index (χ0n) is 8.06. The Bertz CT molecular complexity index is 238. The molecular weight excluding hydrogens is 194 g/mol. The van der Waals surface area contributed by atoms with Crippen LogP contribution in [0.15, 0.2) is 0 Å². The maximum Gasteiger partial charge on any atom is 0.278 e. The first-order chi connectivity index (χ1) is 5.77. The lowest BCUT2D eigenvalue weighted by Crippen LogP contribution is -2.46. The predicted octanol–water partition coefficient (Wildman–Crippen LogP) is -1.91. The molecule has 0 radical (unpaired) electrons. The molecule has 0 rings (SSSR count). The molecule has 7 heteroatoms. The van der Waals surface area contributed by atoms with Gasteiger partial charge in [0, 0.05) is 26.7 Å². The third-order valence-corrected chi connectivity index (χ3v) is 3.09. The van der Waals surface area contributed by atoms with Crippen molar-refractivity contribution >= 4 is 10.2 Å². The highest BCUT2D eigenvalue weighted by Gasteiger charge is 2.16. The van der Waals surface area contributed by atoms with E-state index in [1.165, 1.54) is 21.0 Å². The molecular formula is C6H17N3O3S. The smallest absolute Gasteiger partial charge is 0.278 e. The number of aliphatic hydroxyl groups is 1. The number of rotatable bonds is 5. The number of nitrogens with one attached hydrogen (secondary N) is 1. The molecule has 80 valence electrons. The summed E-state index contributed by atoms with van der Waals surface area (Å²) >= 11 is 0. The van der Waals surface area contributed by atoms with Crippen LogP contribution in [-0.2, 0) is 10.2 Å². The predicted molar refractivity (Wildman–Crippen MR) is 50.3 cm³/mol. The van der Waals surface area contributed by atoms with E-state index in [4.69, 9.17) is 10.8 Å². The van der Waals surface area contributed by atoms with E-state index in [9.17, 15) is 8.42 Å². The molecule has 0 aliphatic rings. The van der Waals surface area contributed by atoms with Gasteiger partial charge in [-0.25, -0.2) is 4.72 Å². The third-order valence-electron chi connectivity index (χ3n) is 1.60. The van der Waals surface area contributed by atoms with Crippen LogP contribution in [0.1, 0.15) is 6.92 Å². The van der Waals surface area contributed by atoms with Crippen LogP contribution < -0.4 is 10.5 Å². The Hall–Kier alpha value is -0.210. The number of nitrogens with two attached hydrogens (primary N) is 1. The van der Waals surface area contributed by atoms with Crippen LogP contribution in [0.4, 0.5) is 0 Å². The summed E-state index contributed by atoms with van der Waals surface area (Å²) in [7, 11) is -0.609. The van der Waals surface area contributed by atoms with Crippen molar-refractivity contribution in [3.8, 4) is 0 Å². The van der Waals surface area contributed by atoms with E-state index in [1.54, 1.807) is 0 Å². The molecule has 0 aromatic heterocycles. The minimum atomic E-state index is -3.43. The molecule has 13 heavy (non-hydrogen) atoms. The summed E-state index contributed by atoms with van der Waals surface area (Å²) in [6, 6.07) is -0.588. The Kier molecular flexibility index (Phi) is 4.79. The molecule has 0 bridgehead atoms. The summed E-state index contributed by atoms with van der Waals surface area (Å²) in [5.74, 6) is 0. The van der Waals surface area contributed by atoms with Gasteiger partial charge < -0.3 is 10.8 Å². The van der Waals surface area contributed by atoms with E-state index in [0.717, 1.165) is 4.31 Å². The summed E-state index contributed by atoms with van der Waals surface area (Å²) in [4.78, 5) is 0. The van der Waals surface area contributed by atoms with Crippen LogP contribution in [0.5, 0.6) is 0 Å². The van der Waals surface area contributed by atoms with E-state index in [0.29, 0.717) is 0 Å². The van der Waals surface area contributed by atoms with Gasteiger partial charge >= 0.3 is 0 Å². The molecule has 0 heterocycles. The Morgan fingerprint density at radius 1 is 1.54 bits per heavy atom. The zero-order valence-corrected chi connectivity index (χ0v) is 8.87. The molecule has 0 amide bonds. The van der Waals surface area contributed by atoms with Gasteiger partial charge in [-0.3, -0.25) is 0 Å². The van der Waals surface area contributed by atoms with Crippen molar-refractivity contribution in [2.45, 2.75) is 19.1 Å². The van der Waals surface area contributed by atoms with Crippen molar-refractivity contribution < 1.29 is 13.5 Å². The highest BCUT2D eigenvalue weighted by atomic mass is 32.2. The van der Waals surface area contributed by atoms with Gasteiger partial charge in [-0.1, -0.05) is 0 Å². The Morgan fingerprint density at radius 2 is 2.00 bits per heavy atom. The summed E-state index contributed by atoms with van der Waals surface area (Å²) < 4.78 is 25.6. The molecule has 0 aliphatic carbocycles. The molecule has 2 atom stereocenters. The first-order valence-corrected chi connectivity index (χ1v) is 5.32. The zero-order chi connectivity index (χ0) is 10.6. The fourth-order valence-corrected chi connectivity index (χ4v) is 1.16. The first-order valence-electron chi connectivity index (χ1n) is 3.88. The van der Waals surface area contributed by atoms with Gasteiger partial charge in [0.1, 0.15) is 0 Å². The molecule has 0 aromatic rings. The van der Waals surface area contributed by atoms with Crippen molar-refractivity contribution in [2.24, 2.45) is 5.73 Å². The molecule has 0 spiro atoms. The fourth-order valence-electron chi connectivity index (χ4n) is 0.501. The lowest BCUT2D eigenvalue weighted by atomic mass is 10.2. The Labute approximate surface area is 78.9 Å². The largest absolute Gasteiger partial charge is 0.392 e. The molecule has 6 nitrogen and oxygen atoms in total. The quantitative estimate of drug-likeness (QED) is 0.494. The number of hydrogen-bond acceptors (Lipinski definition) is 4. The molecule has 0 aliphatic heterocycles. The van der Waals surface area contributed by atoms with Crippen molar-refractivity contribution in [2.75, 3.05) is 20.6 Å². The molecule has 0 fully saturated rings. The van der Waals surface area contributed by atoms with E-state index < -0.39 is 22.4 Å². The van der Waals surface area contributed by atoms with Gasteiger partial charge in [-0.05, 0) is 6.92 Å². The molecule has 2 unspecified atom stereocenters. The highest BCUT2D eigenvalue weighted by molar-refractivity contribution is 7.87. The topological polar surface area (TPSA) is 95.7 Å². The maximum absolute atomic E-state index is 11.1. The van der Waals surface area contributed by atoms with Gasteiger partial charge in [0.15, 0.2) is 0 Å². The summed E-state index contributed by atoms with van der Waals surface area (Å²) in [6.07, 6.45) is -0.732. The second-order valence-electron chi connectivity index (χ2n) is 3.04. The Morgan fingerprint density at radius 3 is 2.31 bits per heavy atom. The average molecular weight is 211 g/mol. The summed E-state index contributed by atoms with van der Waals surface area (Å²) in [6.45, 7) is 1.53. The number of nitrogens with zero attached hydrogens (tertiary/aromatic N) is 1. The van der Waals surface area contributed by atoms with Gasteiger partial charge in [0.25, 0.3) is 10.2 Å². The van der Waals surface area contributed by atoms with Crippen LogP contribution in [0.2, 0.25) is 0 Å². The number of hydrogen-bond donors (Lipinski definition) is 3. The van der Waals surface area contributed by atoms with Crippen molar-refractivity contribution in [3.05, 3.63) is 0 Å². The molecule has 0 saturated heterocycles. The van der Waals surface area contributed by atoms with Crippen molar-refractivity contribution in [1.82, 2.24) is 9.03 Å². The van der Waals surface area contributed by atoms with E-state index in [-0.39, 0.29) is 6.54 Å². The van der Waals surface area contributed by atoms with Crippen molar-refractivity contribution in [1.29, 1.82) is 0 Å². The van der Waals surface area contributed by atoms with Crippen LogP contribution >= 0.6 is 0 Å². The van der Waals surface area contributed by atoms with Crippen LogP contribution in [0.25, 0.3) is 0 Å². The second-order valence-corrected chi connectivity index (χ2v) is 5.01. The molecule has 0 aromatic carbocycles. The minimum Gasteiger partial charge on any atom is -0.392 e. The normalized spacial score (nSPS) is 17.4. The highest BCUT2D eigenvalue weighted by Crippen LogP contribution is 1.91. The number of aliphatic hydroxyl groups excluding tert-OH is 1. The standard InChI is InChI=1S/C6H17N3O3S/c1-5(10)6(7)4-8-13(11,12)9(2)3/h5-6,8,10H,4,7H2,1-3H3. The first kappa shape index (κ1) is 12.8. The summed E-state index contributed by atoms with van der Waals surface area (Å²) in [5.41, 5.74) is 5.43. The lowest BCUT2D eigenvalue weighted by Gasteiger charge is -2.17.